The number of nitrogens with zero attached hydrogens (tertiary/aromatic N) is 3. The highest BCUT2D eigenvalue weighted by atomic mass is 16.2. The monoisotopic (exact) mass is 457 g/mol. The Bertz CT molecular complexity index is 1170. The van der Waals surface area contributed by atoms with Gasteiger partial charge in [-0.1, -0.05) is 45.0 Å². The first kappa shape index (κ1) is 23.5. The summed E-state index contributed by atoms with van der Waals surface area (Å²) in [5.41, 5.74) is 3.46. The minimum Gasteiger partial charge on any atom is -0.365 e. The fraction of sp³-hybridized carbons (Fsp3) is 0.370. The zero-order valence-electron chi connectivity index (χ0n) is 20.1. The Balaban J connectivity index is 1.53. The molecule has 176 valence electrons. The van der Waals surface area contributed by atoms with Crippen molar-refractivity contribution in [3.63, 3.8) is 0 Å². The van der Waals surface area contributed by atoms with E-state index in [0.29, 0.717) is 11.3 Å². The molecular weight excluding hydrogens is 426 g/mol. The summed E-state index contributed by atoms with van der Waals surface area (Å²) in [7, 11) is 0. The molecule has 4 rings (SSSR count). The lowest BCUT2D eigenvalue weighted by atomic mass is 9.95. The Morgan fingerprint density at radius 2 is 1.94 bits per heavy atom. The van der Waals surface area contributed by atoms with E-state index < -0.39 is 5.41 Å². The predicted molar refractivity (Wildman–Crippen MR) is 135 cm³/mol. The molecule has 0 saturated carbocycles. The van der Waals surface area contributed by atoms with Crippen molar-refractivity contribution in [1.82, 2.24) is 4.90 Å². The number of hydrogen-bond acceptors (Lipinski definition) is 5. The van der Waals surface area contributed by atoms with Crippen molar-refractivity contribution in [2.45, 2.75) is 39.8 Å². The van der Waals surface area contributed by atoms with Gasteiger partial charge in [0.25, 0.3) is 0 Å². The van der Waals surface area contributed by atoms with Crippen molar-refractivity contribution in [2.75, 3.05) is 35.2 Å². The first-order chi connectivity index (χ1) is 16.2. The molecule has 1 saturated heterocycles. The number of nitrogens with one attached hydrogen (secondary N) is 2. The molecule has 0 aliphatic carbocycles. The van der Waals surface area contributed by atoms with E-state index >= 15 is 0 Å². The molecule has 2 amide bonds. The van der Waals surface area contributed by atoms with E-state index in [4.69, 9.17) is 0 Å². The zero-order chi connectivity index (χ0) is 24.5. The third-order valence-electron chi connectivity index (χ3n) is 6.38. The molecule has 0 bridgehead atoms. The fourth-order valence-electron chi connectivity index (χ4n) is 4.51. The van der Waals surface area contributed by atoms with Crippen molar-refractivity contribution >= 4 is 28.9 Å². The lowest BCUT2D eigenvalue weighted by molar-refractivity contribution is -0.123. The number of piperazine rings is 1. The summed E-state index contributed by atoms with van der Waals surface area (Å²) >= 11 is 0. The summed E-state index contributed by atoms with van der Waals surface area (Å²) in [5, 5.41) is 15.7. The molecule has 34 heavy (non-hydrogen) atoms. The van der Waals surface area contributed by atoms with Crippen LogP contribution in [0.3, 0.4) is 0 Å². The second-order valence-corrected chi connectivity index (χ2v) is 9.97. The molecule has 2 N–H and O–H groups in total. The molecule has 0 radical (unpaired) electrons. The van der Waals surface area contributed by atoms with Gasteiger partial charge in [0.1, 0.15) is 6.07 Å². The highest BCUT2D eigenvalue weighted by Crippen LogP contribution is 2.34. The van der Waals surface area contributed by atoms with Crippen LogP contribution in [0.5, 0.6) is 0 Å². The number of rotatable bonds is 3. The van der Waals surface area contributed by atoms with Crippen LogP contribution in [0.1, 0.15) is 44.9 Å². The van der Waals surface area contributed by atoms with E-state index in [2.05, 4.69) is 39.5 Å². The van der Waals surface area contributed by atoms with Gasteiger partial charge in [-0.15, -0.1) is 0 Å². The molecule has 2 aliphatic heterocycles. The van der Waals surface area contributed by atoms with Gasteiger partial charge >= 0.3 is 0 Å². The predicted octanol–water partition coefficient (Wildman–Crippen LogP) is 4.30. The molecule has 7 heteroatoms. The number of para-hydroxylation sites is 1. The maximum absolute atomic E-state index is 12.4. The lowest BCUT2D eigenvalue weighted by Crippen LogP contribution is -2.52. The van der Waals surface area contributed by atoms with E-state index in [1.54, 1.807) is 12.1 Å². The maximum atomic E-state index is 12.4. The topological polar surface area (TPSA) is 88.5 Å². The number of carbonyl (C=O) groups is 2. The lowest BCUT2D eigenvalue weighted by Gasteiger charge is -2.44. The molecule has 7 nitrogen and oxygen atoms in total. The SMILES string of the molecule is C[C@@H]1CN(C2C=CC(=O)Nc3ccccc32)CCN1c1ccc(NC(=O)C(C)(C)C)cc1C#N. The highest BCUT2D eigenvalue weighted by molar-refractivity contribution is 6.00. The first-order valence-electron chi connectivity index (χ1n) is 11.6. The van der Waals surface area contributed by atoms with Crippen molar-refractivity contribution in [3.05, 3.63) is 65.7 Å². The van der Waals surface area contributed by atoms with E-state index in [1.165, 1.54) is 0 Å². The summed E-state index contributed by atoms with van der Waals surface area (Å²) in [6.45, 7) is 10.0. The van der Waals surface area contributed by atoms with Crippen molar-refractivity contribution in [1.29, 1.82) is 5.26 Å². The van der Waals surface area contributed by atoms with Crippen LogP contribution in [0.4, 0.5) is 17.1 Å². The van der Waals surface area contributed by atoms with Crippen LogP contribution in [-0.2, 0) is 9.59 Å². The van der Waals surface area contributed by atoms with Gasteiger partial charge in [0.15, 0.2) is 0 Å². The Kier molecular flexibility index (Phi) is 6.45. The van der Waals surface area contributed by atoms with Gasteiger partial charge in [0, 0.05) is 48.5 Å². The molecule has 2 aromatic carbocycles. The van der Waals surface area contributed by atoms with Crippen LogP contribution in [-0.4, -0.2) is 42.4 Å². The highest BCUT2D eigenvalue weighted by Gasteiger charge is 2.31. The van der Waals surface area contributed by atoms with Crippen molar-refractivity contribution in [2.24, 2.45) is 5.41 Å². The number of benzene rings is 2. The Morgan fingerprint density at radius 1 is 1.18 bits per heavy atom. The minimum atomic E-state index is -0.512. The molecule has 2 heterocycles. The van der Waals surface area contributed by atoms with Gasteiger partial charge in [0.2, 0.25) is 11.8 Å². The minimum absolute atomic E-state index is 0.00479. The van der Waals surface area contributed by atoms with Gasteiger partial charge in [-0.25, -0.2) is 0 Å². The van der Waals surface area contributed by atoms with Crippen LogP contribution < -0.4 is 15.5 Å². The quantitative estimate of drug-likeness (QED) is 0.717. The Hall–Kier alpha value is -3.63. The third kappa shape index (κ3) is 4.82. The Morgan fingerprint density at radius 3 is 2.65 bits per heavy atom. The number of nitriles is 1. The standard InChI is InChI=1S/C27H31N5O2/c1-18-17-31(24-11-12-25(33)30-22-8-6-5-7-21(22)24)13-14-32(18)23-10-9-20(15-19(23)16-28)29-26(34)27(2,3)4/h5-12,15,18,24H,13-14,17H2,1-4H3,(H,29,34)(H,30,33)/t18-,24?/m1/s1. The molecule has 1 fully saturated rings. The smallest absolute Gasteiger partial charge is 0.248 e. The molecule has 0 aromatic heterocycles. The van der Waals surface area contributed by atoms with Crippen LogP contribution in [0.15, 0.2) is 54.6 Å². The van der Waals surface area contributed by atoms with Gasteiger partial charge in [-0.3, -0.25) is 14.5 Å². The van der Waals surface area contributed by atoms with Crippen molar-refractivity contribution in [3.8, 4) is 6.07 Å². The first-order valence-corrected chi connectivity index (χ1v) is 11.6. The summed E-state index contributed by atoms with van der Waals surface area (Å²) in [6.07, 6.45) is 3.58. The summed E-state index contributed by atoms with van der Waals surface area (Å²) < 4.78 is 0. The second kappa shape index (κ2) is 9.32. The average molecular weight is 458 g/mol. The Labute approximate surface area is 201 Å². The van der Waals surface area contributed by atoms with E-state index in [9.17, 15) is 14.9 Å². The number of carbonyl (C=O) groups excluding carboxylic acids is 2. The van der Waals surface area contributed by atoms with Crippen LogP contribution in [0, 0.1) is 16.7 Å². The third-order valence-corrected chi connectivity index (χ3v) is 6.38. The average Bonchev–Trinajstić information content (AvgIpc) is 2.96. The number of hydrogen-bond donors (Lipinski definition) is 2. The summed E-state index contributed by atoms with van der Waals surface area (Å²) in [5.74, 6) is -0.199. The van der Waals surface area contributed by atoms with Crippen LogP contribution >= 0.6 is 0 Å². The normalized spacial score (nSPS) is 20.7. The number of anilines is 3. The number of fused-ring (bicyclic) bond motifs is 1. The largest absolute Gasteiger partial charge is 0.365 e. The molecule has 2 atom stereocenters. The molecule has 0 spiro atoms. The molecule has 2 aromatic rings. The summed E-state index contributed by atoms with van der Waals surface area (Å²) in [4.78, 5) is 29.1. The van der Waals surface area contributed by atoms with Gasteiger partial charge in [0.05, 0.1) is 17.3 Å². The maximum Gasteiger partial charge on any atom is 0.248 e. The van der Waals surface area contributed by atoms with Gasteiger partial charge in [-0.05, 0) is 36.8 Å². The van der Waals surface area contributed by atoms with E-state index in [0.717, 1.165) is 36.6 Å². The molecule has 1 unspecified atom stereocenters. The summed E-state index contributed by atoms with van der Waals surface area (Å²) in [6, 6.07) is 15.9. The second-order valence-electron chi connectivity index (χ2n) is 9.97. The fourth-order valence-corrected chi connectivity index (χ4v) is 4.51. The van der Waals surface area contributed by atoms with Crippen molar-refractivity contribution < 1.29 is 9.59 Å². The molecular formula is C27H31N5O2. The van der Waals surface area contributed by atoms with Crippen LogP contribution in [0.25, 0.3) is 0 Å². The zero-order valence-corrected chi connectivity index (χ0v) is 20.1. The van der Waals surface area contributed by atoms with Gasteiger partial charge < -0.3 is 15.5 Å². The van der Waals surface area contributed by atoms with E-state index in [1.807, 2.05) is 57.2 Å². The number of amides is 2. The molecule has 2 aliphatic rings. The van der Waals surface area contributed by atoms with E-state index in [-0.39, 0.29) is 23.9 Å². The van der Waals surface area contributed by atoms with Crippen LogP contribution in [0.2, 0.25) is 0 Å². The van der Waals surface area contributed by atoms with Gasteiger partial charge in [-0.2, -0.15) is 5.26 Å².